The number of rotatable bonds is 4. The van der Waals surface area contributed by atoms with Crippen LogP contribution in [0.3, 0.4) is 0 Å². The highest BCUT2D eigenvalue weighted by molar-refractivity contribution is 7.90. The first-order valence-electron chi connectivity index (χ1n) is 4.00. The number of anilines is 1. The zero-order valence-corrected chi connectivity index (χ0v) is 9.52. The molecule has 14 heavy (non-hydrogen) atoms. The molecule has 0 radical (unpaired) electrons. The minimum absolute atomic E-state index is 0.211. The Morgan fingerprint density at radius 1 is 1.50 bits per heavy atom. The number of nitrogens with one attached hydrogen (secondary N) is 1. The standard InChI is InChI=1S/C6H12N4O2S2/c1-4(2)3-5-8-9-6(13-5)10-14(7,11)12/h4H,3H2,1-2H3,(H,9,10)(H2,7,11,12). The quantitative estimate of drug-likeness (QED) is 0.788. The summed E-state index contributed by atoms with van der Waals surface area (Å²) in [6.45, 7) is 4.10. The van der Waals surface area contributed by atoms with E-state index in [2.05, 4.69) is 14.9 Å². The Hall–Kier alpha value is -0.730. The summed E-state index contributed by atoms with van der Waals surface area (Å²) in [7, 11) is -3.73. The Labute approximate surface area is 86.7 Å². The summed E-state index contributed by atoms with van der Waals surface area (Å²) in [5, 5.41) is 13.3. The van der Waals surface area contributed by atoms with E-state index in [1.165, 1.54) is 11.3 Å². The van der Waals surface area contributed by atoms with Crippen LogP contribution in [0.4, 0.5) is 5.13 Å². The molecule has 0 bridgehead atoms. The average Bonchev–Trinajstić information content (AvgIpc) is 2.30. The highest BCUT2D eigenvalue weighted by atomic mass is 32.2. The fraction of sp³-hybridized carbons (Fsp3) is 0.667. The predicted octanol–water partition coefficient (Wildman–Crippen LogP) is 0.352. The summed E-state index contributed by atoms with van der Waals surface area (Å²) in [4.78, 5) is 0. The van der Waals surface area contributed by atoms with E-state index in [0.29, 0.717) is 5.92 Å². The topological polar surface area (TPSA) is 98.0 Å². The van der Waals surface area contributed by atoms with Gasteiger partial charge in [-0.25, -0.2) is 9.86 Å². The molecule has 0 spiro atoms. The number of aromatic nitrogens is 2. The summed E-state index contributed by atoms with van der Waals surface area (Å²) >= 11 is 1.20. The summed E-state index contributed by atoms with van der Waals surface area (Å²) in [6, 6.07) is 0. The van der Waals surface area contributed by atoms with Crippen molar-refractivity contribution in [3.63, 3.8) is 0 Å². The highest BCUT2D eigenvalue weighted by Gasteiger charge is 2.09. The van der Waals surface area contributed by atoms with E-state index in [-0.39, 0.29) is 5.13 Å². The van der Waals surface area contributed by atoms with Gasteiger partial charge in [-0.05, 0) is 5.92 Å². The van der Waals surface area contributed by atoms with Gasteiger partial charge in [-0.3, -0.25) is 0 Å². The third-order valence-corrected chi connectivity index (χ3v) is 2.75. The lowest BCUT2D eigenvalue weighted by atomic mass is 10.1. The van der Waals surface area contributed by atoms with Crippen LogP contribution < -0.4 is 9.86 Å². The normalized spacial score (nSPS) is 12.0. The highest BCUT2D eigenvalue weighted by Crippen LogP contribution is 2.18. The van der Waals surface area contributed by atoms with Gasteiger partial charge in [-0.2, -0.15) is 8.42 Å². The van der Waals surface area contributed by atoms with Crippen molar-refractivity contribution in [1.82, 2.24) is 10.2 Å². The molecular formula is C6H12N4O2S2. The molecule has 1 heterocycles. The van der Waals surface area contributed by atoms with Crippen LogP contribution in [0.5, 0.6) is 0 Å². The summed E-state index contributed by atoms with van der Waals surface area (Å²) in [5.41, 5.74) is 0. The van der Waals surface area contributed by atoms with E-state index in [0.717, 1.165) is 11.4 Å². The van der Waals surface area contributed by atoms with Crippen LogP contribution >= 0.6 is 11.3 Å². The summed E-state index contributed by atoms with van der Waals surface area (Å²) < 4.78 is 23.3. The Morgan fingerprint density at radius 2 is 2.14 bits per heavy atom. The van der Waals surface area contributed by atoms with Crippen molar-refractivity contribution < 1.29 is 8.42 Å². The second-order valence-electron chi connectivity index (χ2n) is 3.25. The maximum absolute atomic E-state index is 10.6. The number of hydrogen-bond acceptors (Lipinski definition) is 5. The van der Waals surface area contributed by atoms with Crippen molar-refractivity contribution in [3.05, 3.63) is 5.01 Å². The van der Waals surface area contributed by atoms with Gasteiger partial charge in [0.05, 0.1) is 0 Å². The van der Waals surface area contributed by atoms with Gasteiger partial charge in [0, 0.05) is 6.42 Å². The van der Waals surface area contributed by atoms with Crippen molar-refractivity contribution in [2.45, 2.75) is 20.3 Å². The first-order chi connectivity index (χ1) is 6.37. The zero-order chi connectivity index (χ0) is 10.8. The van der Waals surface area contributed by atoms with Crippen LogP contribution in [-0.4, -0.2) is 18.6 Å². The van der Waals surface area contributed by atoms with Gasteiger partial charge < -0.3 is 0 Å². The van der Waals surface area contributed by atoms with Gasteiger partial charge in [-0.15, -0.1) is 10.2 Å². The maximum atomic E-state index is 10.6. The van der Waals surface area contributed by atoms with Crippen LogP contribution in [0.15, 0.2) is 0 Å². The fourth-order valence-electron chi connectivity index (χ4n) is 0.848. The van der Waals surface area contributed by atoms with Gasteiger partial charge in [0.15, 0.2) is 0 Å². The molecule has 0 aromatic carbocycles. The molecule has 0 fully saturated rings. The Balaban J connectivity index is 2.69. The minimum atomic E-state index is -3.73. The van der Waals surface area contributed by atoms with E-state index in [1.54, 1.807) is 0 Å². The first kappa shape index (κ1) is 11.3. The van der Waals surface area contributed by atoms with Gasteiger partial charge >= 0.3 is 0 Å². The van der Waals surface area contributed by atoms with Crippen molar-refractivity contribution >= 4 is 26.7 Å². The SMILES string of the molecule is CC(C)Cc1nnc(NS(N)(=O)=O)s1. The van der Waals surface area contributed by atoms with Crippen LogP contribution in [0.25, 0.3) is 0 Å². The van der Waals surface area contributed by atoms with E-state index < -0.39 is 10.2 Å². The molecule has 0 aliphatic carbocycles. The maximum Gasteiger partial charge on any atom is 0.298 e. The zero-order valence-electron chi connectivity index (χ0n) is 7.89. The largest absolute Gasteiger partial charge is 0.298 e. The molecule has 0 atom stereocenters. The summed E-state index contributed by atoms with van der Waals surface area (Å²) in [6.07, 6.45) is 0.782. The fourth-order valence-corrected chi connectivity index (χ4v) is 2.45. The van der Waals surface area contributed by atoms with Crippen molar-refractivity contribution in [1.29, 1.82) is 0 Å². The average molecular weight is 236 g/mol. The van der Waals surface area contributed by atoms with E-state index in [1.807, 2.05) is 13.8 Å². The van der Waals surface area contributed by atoms with Gasteiger partial charge in [0.2, 0.25) is 5.13 Å². The molecule has 80 valence electrons. The lowest BCUT2D eigenvalue weighted by molar-refractivity contribution is 0.602. The monoisotopic (exact) mass is 236 g/mol. The number of nitrogens with zero attached hydrogens (tertiary/aromatic N) is 2. The van der Waals surface area contributed by atoms with Crippen molar-refractivity contribution in [3.8, 4) is 0 Å². The molecule has 0 unspecified atom stereocenters. The van der Waals surface area contributed by atoms with Gasteiger partial charge in [-0.1, -0.05) is 25.2 Å². The smallest absolute Gasteiger partial charge is 0.245 e. The molecule has 0 aliphatic heterocycles. The Kier molecular flexibility index (Phi) is 3.40. The number of hydrogen-bond donors (Lipinski definition) is 2. The van der Waals surface area contributed by atoms with E-state index in [9.17, 15) is 8.42 Å². The molecule has 0 aliphatic rings. The molecule has 1 rings (SSSR count). The molecule has 6 nitrogen and oxygen atoms in total. The van der Waals surface area contributed by atoms with Crippen LogP contribution in [0.1, 0.15) is 18.9 Å². The first-order valence-corrected chi connectivity index (χ1v) is 6.36. The molecule has 1 aromatic heterocycles. The van der Waals surface area contributed by atoms with Crippen molar-refractivity contribution in [2.75, 3.05) is 4.72 Å². The molecular weight excluding hydrogens is 224 g/mol. The van der Waals surface area contributed by atoms with Gasteiger partial charge in [0.1, 0.15) is 5.01 Å². The molecule has 3 N–H and O–H groups in total. The minimum Gasteiger partial charge on any atom is -0.245 e. The third kappa shape index (κ3) is 3.99. The van der Waals surface area contributed by atoms with Crippen LogP contribution in [0.2, 0.25) is 0 Å². The number of nitrogens with two attached hydrogens (primary N) is 1. The third-order valence-electron chi connectivity index (χ3n) is 1.28. The van der Waals surface area contributed by atoms with Crippen LogP contribution in [0, 0.1) is 5.92 Å². The summed E-state index contributed by atoms with van der Waals surface area (Å²) in [5.74, 6) is 0.463. The molecule has 0 amide bonds. The second-order valence-corrected chi connectivity index (χ2v) is 5.60. The van der Waals surface area contributed by atoms with Crippen LogP contribution in [-0.2, 0) is 16.6 Å². The second kappa shape index (κ2) is 4.20. The predicted molar refractivity (Wildman–Crippen MR) is 55.2 cm³/mol. The van der Waals surface area contributed by atoms with E-state index in [4.69, 9.17) is 5.14 Å². The molecule has 0 saturated carbocycles. The Morgan fingerprint density at radius 3 is 2.64 bits per heavy atom. The van der Waals surface area contributed by atoms with E-state index >= 15 is 0 Å². The lowest BCUT2D eigenvalue weighted by Gasteiger charge is -1.97. The molecule has 8 heteroatoms. The van der Waals surface area contributed by atoms with Crippen molar-refractivity contribution in [2.24, 2.45) is 11.1 Å². The molecule has 1 aromatic rings. The molecule has 0 saturated heterocycles. The Bertz CT molecular complexity index is 398. The lowest BCUT2D eigenvalue weighted by Crippen LogP contribution is -2.21. The van der Waals surface area contributed by atoms with Gasteiger partial charge in [0.25, 0.3) is 10.2 Å².